The summed E-state index contributed by atoms with van der Waals surface area (Å²) in [4.78, 5) is 11.9. The van der Waals surface area contributed by atoms with Gasteiger partial charge in [0.1, 0.15) is 5.75 Å². The number of carbonyl (C=O) groups excluding carboxylic acids is 1. The van der Waals surface area contributed by atoms with E-state index in [-0.39, 0.29) is 17.9 Å². The first-order valence-electron chi connectivity index (χ1n) is 8.19. The van der Waals surface area contributed by atoms with Crippen LogP contribution in [0.3, 0.4) is 0 Å². The third kappa shape index (κ3) is 5.75. The second-order valence-corrected chi connectivity index (χ2v) is 7.77. The summed E-state index contributed by atoms with van der Waals surface area (Å²) in [6.45, 7) is 8.13. The van der Waals surface area contributed by atoms with Crippen molar-refractivity contribution in [2.75, 3.05) is 6.61 Å². The van der Waals surface area contributed by atoms with Crippen LogP contribution in [0.15, 0.2) is 47.6 Å². The molecule has 26 heavy (non-hydrogen) atoms. The zero-order valence-electron chi connectivity index (χ0n) is 15.3. The third-order valence-electron chi connectivity index (χ3n) is 3.77. The maximum Gasteiger partial charge on any atom is 0.277 e. The molecular weight excluding hydrogens is 371 g/mol. The molecule has 0 saturated heterocycles. The molecule has 0 unspecified atom stereocenters. The Bertz CT molecular complexity index is 810. The highest BCUT2D eigenvalue weighted by Gasteiger charge is 2.13. The highest BCUT2D eigenvalue weighted by Crippen LogP contribution is 2.27. The van der Waals surface area contributed by atoms with Crippen molar-refractivity contribution < 1.29 is 9.53 Å². The van der Waals surface area contributed by atoms with E-state index in [1.807, 2.05) is 19.1 Å². The number of hydrogen-bond donors (Lipinski definition) is 1. The van der Waals surface area contributed by atoms with Crippen LogP contribution in [0.25, 0.3) is 0 Å². The van der Waals surface area contributed by atoms with Crippen LogP contribution >= 0.6 is 23.2 Å². The van der Waals surface area contributed by atoms with Crippen LogP contribution in [0.4, 0.5) is 0 Å². The summed E-state index contributed by atoms with van der Waals surface area (Å²) in [7, 11) is 0. The van der Waals surface area contributed by atoms with Gasteiger partial charge in [-0.05, 0) is 41.7 Å². The predicted octanol–water partition coefficient (Wildman–Crippen LogP) is 5.21. The van der Waals surface area contributed by atoms with Crippen LogP contribution in [0.1, 0.15) is 38.8 Å². The van der Waals surface area contributed by atoms with Crippen molar-refractivity contribution in [3.05, 3.63) is 63.6 Å². The molecule has 1 N–H and O–H groups in total. The van der Waals surface area contributed by atoms with Crippen LogP contribution in [-0.2, 0) is 10.2 Å². The average molecular weight is 393 g/mol. The number of hydrogen-bond acceptors (Lipinski definition) is 3. The van der Waals surface area contributed by atoms with Crippen molar-refractivity contribution in [1.82, 2.24) is 5.43 Å². The van der Waals surface area contributed by atoms with E-state index in [1.54, 1.807) is 18.2 Å². The summed E-state index contributed by atoms with van der Waals surface area (Å²) in [5, 5.41) is 4.97. The quantitative estimate of drug-likeness (QED) is 0.560. The monoisotopic (exact) mass is 392 g/mol. The number of ether oxygens (including phenoxy) is 1. The summed E-state index contributed by atoms with van der Waals surface area (Å²) < 4.78 is 5.37. The number of carbonyl (C=O) groups is 1. The number of amides is 1. The first-order chi connectivity index (χ1) is 12.2. The highest BCUT2D eigenvalue weighted by molar-refractivity contribution is 6.35. The minimum atomic E-state index is -0.373. The number of halogens is 2. The normalized spacial score (nSPS) is 12.0. The Balaban J connectivity index is 1.92. The maximum atomic E-state index is 11.9. The van der Waals surface area contributed by atoms with Gasteiger partial charge >= 0.3 is 0 Å². The molecule has 0 aliphatic carbocycles. The molecule has 2 aromatic rings. The van der Waals surface area contributed by atoms with Crippen LogP contribution in [0.2, 0.25) is 10.0 Å². The first-order valence-corrected chi connectivity index (χ1v) is 8.94. The Morgan fingerprint density at radius 1 is 1.12 bits per heavy atom. The average Bonchev–Trinajstić information content (AvgIpc) is 2.58. The Labute approximate surface area is 164 Å². The van der Waals surface area contributed by atoms with Gasteiger partial charge < -0.3 is 4.74 Å². The van der Waals surface area contributed by atoms with Crippen molar-refractivity contribution in [3.8, 4) is 5.75 Å². The lowest BCUT2D eigenvalue weighted by Gasteiger charge is -2.19. The molecule has 0 atom stereocenters. The van der Waals surface area contributed by atoms with Gasteiger partial charge in [0.05, 0.1) is 10.7 Å². The fraction of sp³-hybridized carbons (Fsp3) is 0.300. The molecule has 138 valence electrons. The van der Waals surface area contributed by atoms with Crippen molar-refractivity contribution in [2.45, 2.75) is 33.1 Å². The van der Waals surface area contributed by atoms with Gasteiger partial charge in [0.2, 0.25) is 0 Å². The van der Waals surface area contributed by atoms with Gasteiger partial charge in [-0.3, -0.25) is 4.79 Å². The summed E-state index contributed by atoms with van der Waals surface area (Å²) in [6, 6.07) is 12.9. The summed E-state index contributed by atoms with van der Waals surface area (Å²) in [6.07, 6.45) is 0. The van der Waals surface area contributed by atoms with E-state index < -0.39 is 0 Å². The maximum absolute atomic E-state index is 11.9. The van der Waals surface area contributed by atoms with E-state index in [2.05, 4.69) is 43.4 Å². The van der Waals surface area contributed by atoms with Gasteiger partial charge in [0.25, 0.3) is 5.91 Å². The Hall–Kier alpha value is -2.04. The molecule has 6 heteroatoms. The van der Waals surface area contributed by atoms with Crippen LogP contribution in [0, 0.1) is 0 Å². The molecular formula is C20H22Cl2N2O2. The van der Waals surface area contributed by atoms with Gasteiger partial charge in [-0.1, -0.05) is 68.2 Å². The molecule has 0 heterocycles. The first kappa shape index (κ1) is 20.3. The molecule has 2 aromatic carbocycles. The van der Waals surface area contributed by atoms with E-state index in [0.717, 1.165) is 5.56 Å². The molecule has 0 fully saturated rings. The molecule has 0 saturated carbocycles. The smallest absolute Gasteiger partial charge is 0.277 e. The molecule has 4 nitrogen and oxygen atoms in total. The molecule has 1 amide bonds. The molecule has 0 radical (unpaired) electrons. The van der Waals surface area contributed by atoms with E-state index in [0.29, 0.717) is 21.5 Å². The highest BCUT2D eigenvalue weighted by atomic mass is 35.5. The lowest BCUT2D eigenvalue weighted by atomic mass is 9.86. The van der Waals surface area contributed by atoms with Gasteiger partial charge in [-0.2, -0.15) is 5.10 Å². The van der Waals surface area contributed by atoms with Crippen LogP contribution < -0.4 is 10.2 Å². The molecule has 0 aliphatic heterocycles. The minimum absolute atomic E-state index is 0.0953. The fourth-order valence-electron chi connectivity index (χ4n) is 2.19. The van der Waals surface area contributed by atoms with E-state index >= 15 is 0 Å². The largest absolute Gasteiger partial charge is 0.482 e. The summed E-state index contributed by atoms with van der Waals surface area (Å²) in [5.74, 6) is 0.0198. The minimum Gasteiger partial charge on any atom is -0.482 e. The Morgan fingerprint density at radius 2 is 1.77 bits per heavy atom. The van der Waals surface area contributed by atoms with E-state index in [9.17, 15) is 4.79 Å². The molecule has 0 aliphatic rings. The fourth-order valence-corrected chi connectivity index (χ4v) is 2.65. The van der Waals surface area contributed by atoms with Gasteiger partial charge in [0.15, 0.2) is 6.61 Å². The van der Waals surface area contributed by atoms with Crippen LogP contribution in [-0.4, -0.2) is 18.2 Å². The van der Waals surface area contributed by atoms with Gasteiger partial charge in [-0.25, -0.2) is 5.43 Å². The summed E-state index contributed by atoms with van der Waals surface area (Å²) >= 11 is 11.8. The standard InChI is InChI=1S/C20H22Cl2N2O2/c1-13(14-5-7-15(8-6-14)20(2,3)4)23-24-19(25)12-26-18-10-9-16(21)11-17(18)22/h5-11H,12H2,1-4H3,(H,24,25)/b23-13+. The SMILES string of the molecule is C/C(=N\NC(=O)COc1ccc(Cl)cc1Cl)c1ccc(C(C)(C)C)cc1. The number of hydrazone groups is 1. The predicted molar refractivity (Wildman–Crippen MR) is 107 cm³/mol. The van der Waals surface area contributed by atoms with Crippen molar-refractivity contribution in [2.24, 2.45) is 5.10 Å². The second kappa shape index (κ2) is 8.56. The molecule has 0 bridgehead atoms. The van der Waals surface area contributed by atoms with Crippen molar-refractivity contribution in [3.63, 3.8) is 0 Å². The topological polar surface area (TPSA) is 50.7 Å². The zero-order valence-corrected chi connectivity index (χ0v) is 16.8. The third-order valence-corrected chi connectivity index (χ3v) is 4.30. The summed E-state index contributed by atoms with van der Waals surface area (Å²) in [5.41, 5.74) is 5.47. The molecule has 2 rings (SSSR count). The number of nitrogens with zero attached hydrogens (tertiary/aromatic N) is 1. The van der Waals surface area contributed by atoms with Crippen LogP contribution in [0.5, 0.6) is 5.75 Å². The van der Waals surface area contributed by atoms with Crippen molar-refractivity contribution >= 4 is 34.8 Å². The number of nitrogens with one attached hydrogen (secondary N) is 1. The lowest BCUT2D eigenvalue weighted by molar-refractivity contribution is -0.123. The van der Waals surface area contributed by atoms with Crippen molar-refractivity contribution in [1.29, 1.82) is 0 Å². The zero-order chi connectivity index (χ0) is 19.3. The van der Waals surface area contributed by atoms with E-state index in [4.69, 9.17) is 27.9 Å². The number of benzene rings is 2. The van der Waals surface area contributed by atoms with Gasteiger partial charge in [-0.15, -0.1) is 0 Å². The Morgan fingerprint density at radius 3 is 2.35 bits per heavy atom. The lowest BCUT2D eigenvalue weighted by Crippen LogP contribution is -2.25. The van der Waals surface area contributed by atoms with Gasteiger partial charge in [0, 0.05) is 5.02 Å². The van der Waals surface area contributed by atoms with E-state index in [1.165, 1.54) is 5.56 Å². The Kier molecular flexibility index (Phi) is 6.68. The molecule has 0 aromatic heterocycles. The second-order valence-electron chi connectivity index (χ2n) is 6.92. The number of rotatable bonds is 5. The molecule has 0 spiro atoms.